The topological polar surface area (TPSA) is 87.6 Å². The van der Waals surface area contributed by atoms with Crippen LogP contribution in [0, 0.1) is 6.92 Å². The Kier molecular flexibility index (Phi) is 5.03. The molecule has 0 unspecified atom stereocenters. The lowest BCUT2D eigenvalue weighted by molar-refractivity contribution is -0.113. The number of nitrogens with zero attached hydrogens (tertiary/aromatic N) is 1. The van der Waals surface area contributed by atoms with Crippen LogP contribution in [0.25, 0.3) is 0 Å². The van der Waals surface area contributed by atoms with Crippen LogP contribution in [-0.2, 0) is 14.8 Å². The van der Waals surface area contributed by atoms with E-state index in [1.807, 2.05) is 25.1 Å². The second kappa shape index (κ2) is 7.07. The number of nitrogens with one attached hydrogen (secondary N) is 2. The number of sulfonamides is 1. The molecule has 1 amide bonds. The number of benzene rings is 2. The summed E-state index contributed by atoms with van der Waals surface area (Å²) in [5.41, 5.74) is 2.11. The van der Waals surface area contributed by atoms with Crippen molar-refractivity contribution in [2.75, 3.05) is 16.4 Å². The molecule has 0 bridgehead atoms. The number of anilines is 2. The van der Waals surface area contributed by atoms with Gasteiger partial charge in [-0.25, -0.2) is 0 Å². The first-order valence-corrected chi connectivity index (χ1v) is 10.0. The molecule has 1 aliphatic heterocycles. The second-order valence-electron chi connectivity index (χ2n) is 5.34. The monoisotopic (exact) mass is 395 g/mol. The molecule has 3 rings (SSSR count). The number of carbonyl (C=O) groups is 1. The summed E-state index contributed by atoms with van der Waals surface area (Å²) in [4.78, 5) is 12.1. The van der Waals surface area contributed by atoms with Crippen molar-refractivity contribution in [3.63, 3.8) is 0 Å². The number of carbonyl (C=O) groups excluding carboxylic acids is 1. The molecule has 0 saturated carbocycles. The third kappa shape index (κ3) is 4.33. The fraction of sp³-hybridized carbons (Fsp3) is 0.125. The average Bonchev–Trinajstić information content (AvgIpc) is 2.53. The minimum Gasteiger partial charge on any atom is -0.333 e. The molecule has 1 heterocycles. The number of amides is 1. The number of hydrogen-bond acceptors (Lipinski definition) is 5. The first-order valence-electron chi connectivity index (χ1n) is 7.24. The van der Waals surface area contributed by atoms with Crippen LogP contribution in [0.3, 0.4) is 0 Å². The number of aryl methyl sites for hydroxylation is 1. The summed E-state index contributed by atoms with van der Waals surface area (Å²) in [6, 6.07) is 11.9. The summed E-state index contributed by atoms with van der Waals surface area (Å²) in [6.07, 6.45) is 0. The zero-order valence-corrected chi connectivity index (χ0v) is 15.5. The van der Waals surface area contributed by atoms with Crippen molar-refractivity contribution in [3.8, 4) is 0 Å². The summed E-state index contributed by atoms with van der Waals surface area (Å²) in [7, 11) is -3.84. The minimum absolute atomic E-state index is 0.0218. The maximum Gasteiger partial charge on any atom is 0.286 e. The molecule has 6 nitrogen and oxygen atoms in total. The molecule has 0 saturated heterocycles. The summed E-state index contributed by atoms with van der Waals surface area (Å²) in [6.45, 7) is 1.93. The summed E-state index contributed by atoms with van der Waals surface area (Å²) in [5, 5.41) is 6.12. The van der Waals surface area contributed by atoms with Gasteiger partial charge in [0.05, 0.1) is 11.4 Å². The first-order chi connectivity index (χ1) is 11.8. The van der Waals surface area contributed by atoms with Gasteiger partial charge in [0, 0.05) is 10.7 Å². The van der Waals surface area contributed by atoms with E-state index in [1.165, 1.54) is 6.07 Å². The van der Waals surface area contributed by atoms with Crippen LogP contribution in [0.5, 0.6) is 0 Å². The SMILES string of the molecule is Cc1cccc(NC(=O)CSC2=NS(=O)(=O)c3cc(Cl)ccc3N2)c1. The normalized spacial score (nSPS) is 14.9. The van der Waals surface area contributed by atoms with Gasteiger partial charge in [-0.2, -0.15) is 8.42 Å². The van der Waals surface area contributed by atoms with Crippen molar-refractivity contribution in [2.24, 2.45) is 4.40 Å². The zero-order valence-electron chi connectivity index (χ0n) is 13.1. The van der Waals surface area contributed by atoms with Gasteiger partial charge in [0.2, 0.25) is 5.91 Å². The molecule has 0 spiro atoms. The number of fused-ring (bicyclic) bond motifs is 1. The second-order valence-corrected chi connectivity index (χ2v) is 8.32. The Morgan fingerprint density at radius 3 is 2.84 bits per heavy atom. The fourth-order valence-corrected chi connectivity index (χ4v) is 4.52. The lowest BCUT2D eigenvalue weighted by Crippen LogP contribution is -2.22. The van der Waals surface area contributed by atoms with Crippen LogP contribution in [0.4, 0.5) is 11.4 Å². The summed E-state index contributed by atoms with van der Waals surface area (Å²) < 4.78 is 28.1. The Labute approximate surface area is 154 Å². The highest BCUT2D eigenvalue weighted by Crippen LogP contribution is 2.31. The van der Waals surface area contributed by atoms with Gasteiger partial charge in [0.15, 0.2) is 5.17 Å². The predicted molar refractivity (Wildman–Crippen MR) is 102 cm³/mol. The van der Waals surface area contributed by atoms with E-state index in [9.17, 15) is 13.2 Å². The van der Waals surface area contributed by atoms with Gasteiger partial charge in [-0.15, -0.1) is 4.40 Å². The molecule has 0 fully saturated rings. The van der Waals surface area contributed by atoms with E-state index in [2.05, 4.69) is 15.0 Å². The average molecular weight is 396 g/mol. The summed E-state index contributed by atoms with van der Waals surface area (Å²) in [5.74, 6) is -0.225. The van der Waals surface area contributed by atoms with Crippen LogP contribution < -0.4 is 10.6 Å². The zero-order chi connectivity index (χ0) is 18.0. The Balaban J connectivity index is 1.67. The third-order valence-corrected chi connectivity index (χ3v) is 5.85. The molecule has 25 heavy (non-hydrogen) atoms. The highest BCUT2D eigenvalue weighted by atomic mass is 35.5. The highest BCUT2D eigenvalue weighted by molar-refractivity contribution is 8.15. The van der Waals surface area contributed by atoms with E-state index in [0.717, 1.165) is 17.3 Å². The molecule has 130 valence electrons. The van der Waals surface area contributed by atoms with Crippen molar-refractivity contribution in [2.45, 2.75) is 11.8 Å². The molecule has 9 heteroatoms. The lowest BCUT2D eigenvalue weighted by Gasteiger charge is -2.17. The molecule has 0 aromatic heterocycles. The van der Waals surface area contributed by atoms with Crippen molar-refractivity contribution in [1.82, 2.24) is 0 Å². The quantitative estimate of drug-likeness (QED) is 0.830. The Bertz CT molecular complexity index is 974. The molecule has 0 radical (unpaired) electrons. The van der Waals surface area contributed by atoms with Gasteiger partial charge in [-0.05, 0) is 42.8 Å². The van der Waals surface area contributed by atoms with Gasteiger partial charge in [-0.1, -0.05) is 35.5 Å². The highest BCUT2D eigenvalue weighted by Gasteiger charge is 2.25. The first kappa shape index (κ1) is 17.8. The van der Waals surface area contributed by atoms with Crippen molar-refractivity contribution >= 4 is 55.8 Å². The van der Waals surface area contributed by atoms with E-state index in [0.29, 0.717) is 16.4 Å². The smallest absolute Gasteiger partial charge is 0.286 e. The van der Waals surface area contributed by atoms with E-state index in [-0.39, 0.29) is 21.7 Å². The molecular weight excluding hydrogens is 382 g/mol. The van der Waals surface area contributed by atoms with Crippen molar-refractivity contribution in [1.29, 1.82) is 0 Å². The minimum atomic E-state index is -3.84. The number of halogens is 1. The van der Waals surface area contributed by atoms with Crippen molar-refractivity contribution < 1.29 is 13.2 Å². The lowest BCUT2D eigenvalue weighted by atomic mass is 10.2. The van der Waals surface area contributed by atoms with Crippen LogP contribution in [0.2, 0.25) is 5.02 Å². The third-order valence-electron chi connectivity index (χ3n) is 3.31. The largest absolute Gasteiger partial charge is 0.333 e. The number of amidine groups is 1. The molecule has 0 aliphatic carbocycles. The number of thioether (sulfide) groups is 1. The fourth-order valence-electron chi connectivity index (χ4n) is 2.23. The molecule has 2 aromatic carbocycles. The Hall–Kier alpha value is -2.03. The predicted octanol–water partition coefficient (Wildman–Crippen LogP) is 3.49. The molecular formula is C16H14ClN3O3S2. The van der Waals surface area contributed by atoms with E-state index < -0.39 is 10.0 Å². The number of hydrogen-bond donors (Lipinski definition) is 2. The van der Waals surface area contributed by atoms with Crippen molar-refractivity contribution in [3.05, 3.63) is 53.1 Å². The molecule has 1 aliphatic rings. The maximum absolute atomic E-state index is 12.2. The molecule has 0 atom stereocenters. The Morgan fingerprint density at radius 1 is 1.28 bits per heavy atom. The van der Waals surface area contributed by atoms with Gasteiger partial charge in [0.25, 0.3) is 10.0 Å². The Morgan fingerprint density at radius 2 is 2.08 bits per heavy atom. The van der Waals surface area contributed by atoms with E-state index >= 15 is 0 Å². The van der Waals surface area contributed by atoms with E-state index in [4.69, 9.17) is 11.6 Å². The van der Waals surface area contributed by atoms with Crippen LogP contribution in [0.15, 0.2) is 51.8 Å². The standard InChI is InChI=1S/C16H14ClN3O3S2/c1-10-3-2-4-12(7-10)18-15(21)9-24-16-19-13-6-5-11(17)8-14(13)25(22,23)20-16/h2-8H,9H2,1H3,(H,18,21)(H,19,20). The van der Waals surface area contributed by atoms with E-state index in [1.54, 1.807) is 18.2 Å². The van der Waals surface area contributed by atoms with Crippen LogP contribution in [-0.4, -0.2) is 25.2 Å². The van der Waals surface area contributed by atoms with Gasteiger partial charge < -0.3 is 10.6 Å². The number of rotatable bonds is 3. The van der Waals surface area contributed by atoms with Crippen LogP contribution in [0.1, 0.15) is 5.56 Å². The van der Waals surface area contributed by atoms with Gasteiger partial charge in [-0.3, -0.25) is 4.79 Å². The van der Waals surface area contributed by atoms with Crippen LogP contribution >= 0.6 is 23.4 Å². The summed E-state index contributed by atoms with van der Waals surface area (Å²) >= 11 is 6.85. The molecule has 2 aromatic rings. The molecule has 2 N–H and O–H groups in total. The maximum atomic E-state index is 12.2. The van der Waals surface area contributed by atoms with Gasteiger partial charge in [0.1, 0.15) is 4.90 Å². The van der Waals surface area contributed by atoms with Gasteiger partial charge >= 0.3 is 0 Å².